The number of carbonyl (C=O) groups is 2. The molecule has 2 heterocycles. The SMILES string of the molecule is CCS(=O)(=O)c1ccc2c(c1)OC(=O)CN2CC(=O)NCc1cccnc1. The zero-order chi connectivity index (χ0) is 19.4. The summed E-state index contributed by atoms with van der Waals surface area (Å²) in [6, 6.07) is 7.96. The number of benzene rings is 1. The van der Waals surface area contributed by atoms with Gasteiger partial charge in [0, 0.05) is 25.0 Å². The van der Waals surface area contributed by atoms with E-state index in [9.17, 15) is 18.0 Å². The number of esters is 1. The van der Waals surface area contributed by atoms with Gasteiger partial charge in [0.1, 0.15) is 6.54 Å². The Hall–Kier alpha value is -2.94. The first-order chi connectivity index (χ1) is 12.9. The zero-order valence-electron chi connectivity index (χ0n) is 14.7. The first-order valence-electron chi connectivity index (χ1n) is 8.37. The Kier molecular flexibility index (Phi) is 5.41. The number of amides is 1. The van der Waals surface area contributed by atoms with Gasteiger partial charge in [-0.2, -0.15) is 0 Å². The summed E-state index contributed by atoms with van der Waals surface area (Å²) in [5.41, 5.74) is 1.36. The maximum atomic E-state index is 12.3. The number of sulfone groups is 1. The molecule has 142 valence electrons. The Morgan fingerprint density at radius 1 is 1.33 bits per heavy atom. The van der Waals surface area contributed by atoms with Crippen LogP contribution in [-0.2, 0) is 26.0 Å². The van der Waals surface area contributed by atoms with Gasteiger partial charge in [0.2, 0.25) is 5.91 Å². The Balaban J connectivity index is 1.74. The summed E-state index contributed by atoms with van der Waals surface area (Å²) in [5.74, 6) is -0.737. The maximum absolute atomic E-state index is 12.3. The Labute approximate surface area is 157 Å². The van der Waals surface area contributed by atoms with Crippen LogP contribution in [0.25, 0.3) is 0 Å². The average molecular weight is 389 g/mol. The highest BCUT2D eigenvalue weighted by atomic mass is 32.2. The number of nitrogens with one attached hydrogen (secondary N) is 1. The van der Waals surface area contributed by atoms with Gasteiger partial charge in [0.05, 0.1) is 22.9 Å². The third-order valence-corrected chi connectivity index (χ3v) is 5.83. The standard InChI is InChI=1S/C18H19N3O5S/c1-2-27(24,25)14-5-6-15-16(8-14)26-18(23)12-21(15)11-17(22)20-10-13-4-3-7-19-9-13/h3-9H,2,10-12H2,1H3,(H,20,22). The summed E-state index contributed by atoms with van der Waals surface area (Å²) in [7, 11) is -3.42. The minimum atomic E-state index is -3.42. The molecule has 8 nitrogen and oxygen atoms in total. The second-order valence-corrected chi connectivity index (χ2v) is 8.28. The molecule has 2 aromatic rings. The molecule has 1 aromatic carbocycles. The van der Waals surface area contributed by atoms with E-state index in [1.54, 1.807) is 36.4 Å². The molecule has 1 N–H and O–H groups in total. The lowest BCUT2D eigenvalue weighted by molar-refractivity contribution is -0.133. The van der Waals surface area contributed by atoms with E-state index in [1.807, 2.05) is 6.07 Å². The monoisotopic (exact) mass is 389 g/mol. The smallest absolute Gasteiger partial charge is 0.331 e. The van der Waals surface area contributed by atoms with Crippen molar-refractivity contribution in [2.75, 3.05) is 23.7 Å². The predicted octanol–water partition coefficient (Wildman–Crippen LogP) is 0.917. The lowest BCUT2D eigenvalue weighted by Gasteiger charge is -2.29. The van der Waals surface area contributed by atoms with E-state index in [2.05, 4.69) is 10.3 Å². The molecule has 1 amide bonds. The van der Waals surface area contributed by atoms with Crippen LogP contribution in [0.4, 0.5) is 5.69 Å². The number of aromatic nitrogens is 1. The minimum absolute atomic E-state index is 0.0533. The average Bonchev–Trinajstić information content (AvgIpc) is 2.66. The summed E-state index contributed by atoms with van der Waals surface area (Å²) in [4.78, 5) is 29.7. The van der Waals surface area contributed by atoms with E-state index in [-0.39, 0.29) is 35.4 Å². The normalized spacial score (nSPS) is 13.7. The molecule has 27 heavy (non-hydrogen) atoms. The number of hydrogen-bond acceptors (Lipinski definition) is 7. The number of rotatable bonds is 6. The van der Waals surface area contributed by atoms with Crippen molar-refractivity contribution < 1.29 is 22.7 Å². The summed E-state index contributed by atoms with van der Waals surface area (Å²) in [6.07, 6.45) is 3.30. The summed E-state index contributed by atoms with van der Waals surface area (Å²) in [5, 5.41) is 2.77. The van der Waals surface area contributed by atoms with Gasteiger partial charge >= 0.3 is 5.97 Å². The van der Waals surface area contributed by atoms with Crippen molar-refractivity contribution >= 4 is 27.4 Å². The molecule has 3 rings (SSSR count). The van der Waals surface area contributed by atoms with Crippen LogP contribution < -0.4 is 15.0 Å². The fraction of sp³-hybridized carbons (Fsp3) is 0.278. The Bertz CT molecular complexity index is 960. The van der Waals surface area contributed by atoms with Crippen LogP contribution in [0.2, 0.25) is 0 Å². The second-order valence-electron chi connectivity index (χ2n) is 6.00. The number of anilines is 1. The third kappa shape index (κ3) is 4.43. The highest BCUT2D eigenvalue weighted by molar-refractivity contribution is 7.91. The maximum Gasteiger partial charge on any atom is 0.331 e. The van der Waals surface area contributed by atoms with Crippen molar-refractivity contribution in [3.63, 3.8) is 0 Å². The van der Waals surface area contributed by atoms with Gasteiger partial charge in [0.25, 0.3) is 0 Å². The number of fused-ring (bicyclic) bond motifs is 1. The van der Waals surface area contributed by atoms with E-state index in [4.69, 9.17) is 4.74 Å². The van der Waals surface area contributed by atoms with E-state index >= 15 is 0 Å². The first kappa shape index (κ1) is 18.8. The topological polar surface area (TPSA) is 106 Å². The quantitative estimate of drug-likeness (QED) is 0.578. The van der Waals surface area contributed by atoms with Gasteiger partial charge in [-0.3, -0.25) is 9.78 Å². The van der Waals surface area contributed by atoms with Crippen molar-refractivity contribution in [3.8, 4) is 5.75 Å². The molecule has 0 aliphatic carbocycles. The fourth-order valence-corrected chi connectivity index (χ4v) is 3.56. The van der Waals surface area contributed by atoms with Crippen molar-refractivity contribution in [2.45, 2.75) is 18.4 Å². The van der Waals surface area contributed by atoms with Gasteiger partial charge in [-0.05, 0) is 23.8 Å². The molecule has 0 saturated heterocycles. The summed E-state index contributed by atoms with van der Waals surface area (Å²) >= 11 is 0. The van der Waals surface area contributed by atoms with Crippen LogP contribution in [-0.4, -0.2) is 44.1 Å². The third-order valence-electron chi connectivity index (χ3n) is 4.10. The highest BCUT2D eigenvalue weighted by Crippen LogP contribution is 2.34. The van der Waals surface area contributed by atoms with E-state index in [0.717, 1.165) is 5.56 Å². The second kappa shape index (κ2) is 7.75. The van der Waals surface area contributed by atoms with Crippen LogP contribution in [0.15, 0.2) is 47.6 Å². The molecule has 0 fully saturated rings. The van der Waals surface area contributed by atoms with E-state index in [0.29, 0.717) is 12.2 Å². The zero-order valence-corrected chi connectivity index (χ0v) is 15.5. The molecule has 0 bridgehead atoms. The lowest BCUT2D eigenvalue weighted by atomic mass is 10.2. The van der Waals surface area contributed by atoms with Crippen LogP contribution in [0.1, 0.15) is 12.5 Å². The molecule has 0 atom stereocenters. The number of nitrogens with zero attached hydrogens (tertiary/aromatic N) is 2. The van der Waals surface area contributed by atoms with Crippen molar-refractivity contribution in [1.82, 2.24) is 10.3 Å². The molecule has 1 aromatic heterocycles. The van der Waals surface area contributed by atoms with Gasteiger partial charge in [-0.1, -0.05) is 13.0 Å². The Morgan fingerprint density at radius 2 is 2.15 bits per heavy atom. The number of pyridine rings is 1. The van der Waals surface area contributed by atoms with Crippen LogP contribution in [0.5, 0.6) is 5.75 Å². The summed E-state index contributed by atoms with van der Waals surface area (Å²) < 4.78 is 29.2. The Morgan fingerprint density at radius 3 is 2.85 bits per heavy atom. The molecular weight excluding hydrogens is 370 g/mol. The predicted molar refractivity (Wildman–Crippen MR) is 98.1 cm³/mol. The number of hydrogen-bond donors (Lipinski definition) is 1. The van der Waals surface area contributed by atoms with Gasteiger partial charge in [0.15, 0.2) is 15.6 Å². The molecular formula is C18H19N3O5S. The molecule has 0 unspecified atom stereocenters. The largest absolute Gasteiger partial charge is 0.423 e. The number of carbonyl (C=O) groups excluding carboxylic acids is 2. The molecule has 0 spiro atoms. The highest BCUT2D eigenvalue weighted by Gasteiger charge is 2.27. The van der Waals surface area contributed by atoms with Crippen LogP contribution in [0, 0.1) is 0 Å². The van der Waals surface area contributed by atoms with Gasteiger partial charge < -0.3 is 15.0 Å². The minimum Gasteiger partial charge on any atom is -0.423 e. The van der Waals surface area contributed by atoms with Gasteiger partial charge in [-0.25, -0.2) is 13.2 Å². The molecule has 1 aliphatic heterocycles. The molecule has 0 radical (unpaired) electrons. The van der Waals surface area contributed by atoms with Crippen molar-refractivity contribution in [1.29, 1.82) is 0 Å². The first-order valence-corrected chi connectivity index (χ1v) is 10.0. The molecule has 0 saturated carbocycles. The van der Waals surface area contributed by atoms with Crippen molar-refractivity contribution in [2.24, 2.45) is 0 Å². The number of ether oxygens (including phenoxy) is 1. The molecule has 9 heteroatoms. The van der Waals surface area contributed by atoms with Crippen LogP contribution >= 0.6 is 0 Å². The lowest BCUT2D eigenvalue weighted by Crippen LogP contribution is -2.43. The fourth-order valence-electron chi connectivity index (χ4n) is 2.67. The van der Waals surface area contributed by atoms with E-state index < -0.39 is 15.8 Å². The van der Waals surface area contributed by atoms with Crippen molar-refractivity contribution in [3.05, 3.63) is 48.3 Å². The summed E-state index contributed by atoms with van der Waals surface area (Å²) in [6.45, 7) is 1.72. The van der Waals surface area contributed by atoms with Gasteiger partial charge in [-0.15, -0.1) is 0 Å². The van der Waals surface area contributed by atoms with Crippen LogP contribution in [0.3, 0.4) is 0 Å². The van der Waals surface area contributed by atoms with E-state index in [1.165, 1.54) is 12.1 Å². The molecule has 1 aliphatic rings.